The van der Waals surface area contributed by atoms with Crippen molar-refractivity contribution in [3.05, 3.63) is 16.6 Å². The molecule has 1 aromatic rings. The first kappa shape index (κ1) is 10.7. The first-order valence-electron chi connectivity index (χ1n) is 4.60. The van der Waals surface area contributed by atoms with Gasteiger partial charge in [0.2, 0.25) is 0 Å². The van der Waals surface area contributed by atoms with Gasteiger partial charge < -0.3 is 5.73 Å². The average molecular weight is 198 g/mol. The van der Waals surface area contributed by atoms with Crippen LogP contribution in [0.1, 0.15) is 32.1 Å². The molecule has 1 atom stereocenters. The fourth-order valence-corrected chi connectivity index (χ4v) is 2.15. The Hall–Kier alpha value is -0.410. The maximum Gasteiger partial charge on any atom is 0.0794 e. The summed E-state index contributed by atoms with van der Waals surface area (Å²) in [5.41, 5.74) is 8.21. The normalized spacial score (nSPS) is 14.5. The average Bonchev–Trinajstić information content (AvgIpc) is 2.34. The summed E-state index contributed by atoms with van der Waals surface area (Å²) in [5, 5.41) is 0. The molecular formula is C10H18N2S. The van der Waals surface area contributed by atoms with Crippen molar-refractivity contribution in [1.29, 1.82) is 0 Å². The summed E-state index contributed by atoms with van der Waals surface area (Å²) in [7, 11) is 0. The number of hydrogen-bond donors (Lipinski definition) is 1. The van der Waals surface area contributed by atoms with Gasteiger partial charge in [-0.05, 0) is 18.3 Å². The lowest BCUT2D eigenvalue weighted by Gasteiger charge is -2.22. The summed E-state index contributed by atoms with van der Waals surface area (Å²) in [6.07, 6.45) is 3.93. The molecule has 0 bridgehead atoms. The Morgan fingerprint density at radius 3 is 2.69 bits per heavy atom. The Kier molecular flexibility index (Phi) is 3.45. The summed E-state index contributed by atoms with van der Waals surface area (Å²) in [6.45, 7) is 6.67. The minimum atomic E-state index is 0.264. The molecule has 1 aromatic heterocycles. The third-order valence-electron chi connectivity index (χ3n) is 1.82. The number of aromatic nitrogens is 1. The van der Waals surface area contributed by atoms with Crippen LogP contribution in [-0.4, -0.2) is 11.0 Å². The van der Waals surface area contributed by atoms with Gasteiger partial charge in [0.25, 0.3) is 0 Å². The van der Waals surface area contributed by atoms with Crippen LogP contribution in [0.5, 0.6) is 0 Å². The number of hydrogen-bond acceptors (Lipinski definition) is 3. The van der Waals surface area contributed by atoms with Gasteiger partial charge in [0.05, 0.1) is 5.51 Å². The fraction of sp³-hybridized carbons (Fsp3) is 0.700. The highest BCUT2D eigenvalue weighted by Crippen LogP contribution is 2.22. The lowest BCUT2D eigenvalue weighted by Crippen LogP contribution is -2.28. The lowest BCUT2D eigenvalue weighted by molar-refractivity contribution is 0.339. The zero-order chi connectivity index (χ0) is 9.90. The predicted molar refractivity (Wildman–Crippen MR) is 57.9 cm³/mol. The third-order valence-corrected chi connectivity index (χ3v) is 2.62. The van der Waals surface area contributed by atoms with Crippen LogP contribution in [0.25, 0.3) is 0 Å². The maximum absolute atomic E-state index is 6.03. The van der Waals surface area contributed by atoms with Crippen molar-refractivity contribution in [3.63, 3.8) is 0 Å². The zero-order valence-electron chi connectivity index (χ0n) is 8.58. The molecule has 0 saturated carbocycles. The highest BCUT2D eigenvalue weighted by atomic mass is 32.1. The van der Waals surface area contributed by atoms with Gasteiger partial charge in [0.1, 0.15) is 0 Å². The number of thiazole rings is 1. The second kappa shape index (κ2) is 4.20. The van der Waals surface area contributed by atoms with E-state index in [1.807, 2.05) is 11.7 Å². The standard InChI is InChI=1S/C10H18N2S/c1-10(2,3)5-8(11)4-9-6-12-7-13-9/h6-8H,4-5,11H2,1-3H3. The Labute approximate surface area is 84.2 Å². The van der Waals surface area contributed by atoms with Crippen LogP contribution in [0.2, 0.25) is 0 Å². The molecule has 0 radical (unpaired) electrons. The van der Waals surface area contributed by atoms with Gasteiger partial charge in [0.15, 0.2) is 0 Å². The molecule has 0 saturated heterocycles. The monoisotopic (exact) mass is 198 g/mol. The third kappa shape index (κ3) is 4.39. The molecule has 13 heavy (non-hydrogen) atoms. The topological polar surface area (TPSA) is 38.9 Å². The van der Waals surface area contributed by atoms with Gasteiger partial charge in [-0.3, -0.25) is 4.98 Å². The molecule has 3 heteroatoms. The van der Waals surface area contributed by atoms with Crippen LogP contribution in [0.15, 0.2) is 11.7 Å². The molecular weight excluding hydrogens is 180 g/mol. The Morgan fingerprint density at radius 1 is 1.54 bits per heavy atom. The molecule has 1 rings (SSSR count). The predicted octanol–water partition coefficient (Wildman–Crippen LogP) is 2.45. The van der Waals surface area contributed by atoms with E-state index in [-0.39, 0.29) is 6.04 Å². The van der Waals surface area contributed by atoms with Gasteiger partial charge in [0, 0.05) is 17.1 Å². The molecule has 2 nitrogen and oxygen atoms in total. The Bertz CT molecular complexity index is 236. The van der Waals surface area contributed by atoms with E-state index in [4.69, 9.17) is 5.73 Å². The number of rotatable bonds is 3. The lowest BCUT2D eigenvalue weighted by atomic mass is 9.87. The maximum atomic E-state index is 6.03. The molecule has 0 aromatic carbocycles. The van der Waals surface area contributed by atoms with Crippen LogP contribution in [0.3, 0.4) is 0 Å². The van der Waals surface area contributed by atoms with Gasteiger partial charge in [-0.2, -0.15) is 0 Å². The van der Waals surface area contributed by atoms with E-state index >= 15 is 0 Å². The molecule has 0 aliphatic carbocycles. The van der Waals surface area contributed by atoms with Crippen molar-refractivity contribution in [3.8, 4) is 0 Å². The highest BCUT2D eigenvalue weighted by molar-refractivity contribution is 7.09. The SMILES string of the molecule is CC(C)(C)CC(N)Cc1cncs1. The van der Waals surface area contributed by atoms with Crippen molar-refractivity contribution in [2.75, 3.05) is 0 Å². The fourth-order valence-electron chi connectivity index (χ4n) is 1.46. The van der Waals surface area contributed by atoms with E-state index in [9.17, 15) is 0 Å². The van der Waals surface area contributed by atoms with Crippen molar-refractivity contribution < 1.29 is 0 Å². The molecule has 74 valence electrons. The Balaban J connectivity index is 2.38. The van der Waals surface area contributed by atoms with Crippen LogP contribution in [-0.2, 0) is 6.42 Å². The Morgan fingerprint density at radius 2 is 2.23 bits per heavy atom. The van der Waals surface area contributed by atoms with E-state index in [2.05, 4.69) is 25.8 Å². The van der Waals surface area contributed by atoms with E-state index < -0.39 is 0 Å². The van der Waals surface area contributed by atoms with Gasteiger partial charge in [-0.15, -0.1) is 11.3 Å². The second-order valence-electron chi connectivity index (χ2n) is 4.70. The van der Waals surface area contributed by atoms with E-state index in [1.54, 1.807) is 11.3 Å². The van der Waals surface area contributed by atoms with Crippen molar-refractivity contribution in [2.45, 2.75) is 39.7 Å². The van der Waals surface area contributed by atoms with E-state index in [1.165, 1.54) is 4.88 Å². The molecule has 0 fully saturated rings. The number of nitrogens with two attached hydrogens (primary N) is 1. The molecule has 0 aliphatic heterocycles. The van der Waals surface area contributed by atoms with Gasteiger partial charge >= 0.3 is 0 Å². The largest absolute Gasteiger partial charge is 0.327 e. The summed E-state index contributed by atoms with van der Waals surface area (Å²) >= 11 is 1.69. The molecule has 0 spiro atoms. The van der Waals surface area contributed by atoms with E-state index in [0.29, 0.717) is 5.41 Å². The number of nitrogens with zero attached hydrogens (tertiary/aromatic N) is 1. The minimum Gasteiger partial charge on any atom is -0.327 e. The van der Waals surface area contributed by atoms with Crippen molar-refractivity contribution in [2.24, 2.45) is 11.1 Å². The molecule has 1 heterocycles. The summed E-state index contributed by atoms with van der Waals surface area (Å²) < 4.78 is 0. The van der Waals surface area contributed by atoms with Crippen molar-refractivity contribution in [1.82, 2.24) is 4.98 Å². The molecule has 0 aliphatic rings. The summed E-state index contributed by atoms with van der Waals surface area (Å²) in [6, 6.07) is 0.264. The quantitative estimate of drug-likeness (QED) is 0.810. The smallest absolute Gasteiger partial charge is 0.0794 e. The first-order chi connectivity index (χ1) is 5.97. The summed E-state index contributed by atoms with van der Waals surface area (Å²) in [4.78, 5) is 5.32. The zero-order valence-corrected chi connectivity index (χ0v) is 9.40. The molecule has 0 amide bonds. The molecule has 2 N–H and O–H groups in total. The van der Waals surface area contributed by atoms with Crippen LogP contribution >= 0.6 is 11.3 Å². The van der Waals surface area contributed by atoms with E-state index in [0.717, 1.165) is 12.8 Å². The van der Waals surface area contributed by atoms with Crippen LogP contribution in [0.4, 0.5) is 0 Å². The van der Waals surface area contributed by atoms with Gasteiger partial charge in [-0.1, -0.05) is 20.8 Å². The molecule has 1 unspecified atom stereocenters. The van der Waals surface area contributed by atoms with Crippen LogP contribution in [0, 0.1) is 5.41 Å². The second-order valence-corrected chi connectivity index (χ2v) is 5.67. The minimum absolute atomic E-state index is 0.264. The first-order valence-corrected chi connectivity index (χ1v) is 5.48. The van der Waals surface area contributed by atoms with Crippen molar-refractivity contribution >= 4 is 11.3 Å². The van der Waals surface area contributed by atoms with Crippen LogP contribution < -0.4 is 5.73 Å². The summed E-state index contributed by atoms with van der Waals surface area (Å²) in [5.74, 6) is 0. The highest BCUT2D eigenvalue weighted by Gasteiger charge is 2.16. The van der Waals surface area contributed by atoms with Gasteiger partial charge in [-0.25, -0.2) is 0 Å².